The van der Waals surface area contributed by atoms with E-state index in [1.54, 1.807) is 37.3 Å². The van der Waals surface area contributed by atoms with E-state index in [-0.39, 0.29) is 11.8 Å². The van der Waals surface area contributed by atoms with Crippen molar-refractivity contribution in [1.29, 1.82) is 0 Å². The standard InChI is InChI=1S/C21H22ClN3O2/c1-13-7-8-14(2)25(13)19-6-4-5-18(19)21(27)24-23-20(26)15(3)16-9-11-17(22)12-10-16/h4-5,7-12,15H,6H2,1-3H3,(H,23,26)(H,24,27). The van der Waals surface area contributed by atoms with E-state index in [1.807, 2.05) is 32.1 Å². The van der Waals surface area contributed by atoms with Crippen LogP contribution in [0.15, 0.2) is 54.1 Å². The van der Waals surface area contributed by atoms with Gasteiger partial charge >= 0.3 is 0 Å². The third kappa shape index (κ3) is 3.98. The molecule has 1 atom stereocenters. The van der Waals surface area contributed by atoms with Crippen molar-refractivity contribution in [1.82, 2.24) is 15.4 Å². The van der Waals surface area contributed by atoms with Crippen LogP contribution >= 0.6 is 11.6 Å². The second-order valence-electron chi connectivity index (χ2n) is 6.63. The Morgan fingerprint density at radius 1 is 1.04 bits per heavy atom. The number of aryl methyl sites for hydroxylation is 2. The number of aromatic nitrogens is 1. The fourth-order valence-electron chi connectivity index (χ4n) is 3.20. The number of halogens is 1. The highest BCUT2D eigenvalue weighted by Gasteiger charge is 2.21. The molecule has 0 spiro atoms. The summed E-state index contributed by atoms with van der Waals surface area (Å²) in [6, 6.07) is 11.1. The molecule has 0 radical (unpaired) electrons. The lowest BCUT2D eigenvalue weighted by atomic mass is 10.0. The van der Waals surface area contributed by atoms with Crippen LogP contribution in [0.5, 0.6) is 0 Å². The van der Waals surface area contributed by atoms with Gasteiger partial charge in [0.25, 0.3) is 5.91 Å². The first-order valence-corrected chi connectivity index (χ1v) is 9.17. The van der Waals surface area contributed by atoms with Gasteiger partial charge in [-0.05, 0) is 50.6 Å². The van der Waals surface area contributed by atoms with E-state index in [0.29, 0.717) is 17.0 Å². The zero-order chi connectivity index (χ0) is 19.6. The van der Waals surface area contributed by atoms with Crippen molar-refractivity contribution >= 4 is 29.1 Å². The predicted molar refractivity (Wildman–Crippen MR) is 107 cm³/mol. The number of rotatable bonds is 4. The number of nitrogens with zero attached hydrogens (tertiary/aromatic N) is 1. The van der Waals surface area contributed by atoms with Crippen LogP contribution in [0.4, 0.5) is 0 Å². The highest BCUT2D eigenvalue weighted by atomic mass is 35.5. The minimum Gasteiger partial charge on any atom is -0.321 e. The molecule has 5 nitrogen and oxygen atoms in total. The highest BCUT2D eigenvalue weighted by Crippen LogP contribution is 2.27. The second-order valence-corrected chi connectivity index (χ2v) is 7.07. The molecule has 1 unspecified atom stereocenters. The maximum atomic E-state index is 12.6. The molecule has 3 rings (SSSR count). The summed E-state index contributed by atoms with van der Waals surface area (Å²) in [6.45, 7) is 5.78. The van der Waals surface area contributed by atoms with Crippen LogP contribution in [-0.2, 0) is 9.59 Å². The number of hydrazine groups is 1. The number of amides is 2. The van der Waals surface area contributed by atoms with Crippen LogP contribution in [0.25, 0.3) is 5.70 Å². The summed E-state index contributed by atoms with van der Waals surface area (Å²) in [4.78, 5) is 25.0. The van der Waals surface area contributed by atoms with Gasteiger partial charge in [0.2, 0.25) is 5.91 Å². The summed E-state index contributed by atoms with van der Waals surface area (Å²) >= 11 is 5.88. The Hall–Kier alpha value is -2.79. The van der Waals surface area contributed by atoms with Crippen LogP contribution in [0.3, 0.4) is 0 Å². The highest BCUT2D eigenvalue weighted by molar-refractivity contribution is 6.30. The van der Waals surface area contributed by atoms with Crippen LogP contribution in [-0.4, -0.2) is 16.4 Å². The summed E-state index contributed by atoms with van der Waals surface area (Å²) in [6.07, 6.45) is 4.41. The quantitative estimate of drug-likeness (QED) is 0.787. The monoisotopic (exact) mass is 383 g/mol. The largest absolute Gasteiger partial charge is 0.321 e. The first-order chi connectivity index (χ1) is 12.9. The summed E-state index contributed by atoms with van der Waals surface area (Å²) in [5.41, 5.74) is 9.47. The molecule has 2 amide bonds. The maximum absolute atomic E-state index is 12.6. The average molecular weight is 384 g/mol. The average Bonchev–Trinajstić information content (AvgIpc) is 3.25. The number of carbonyl (C=O) groups is 2. The zero-order valence-electron chi connectivity index (χ0n) is 15.5. The number of benzene rings is 1. The first kappa shape index (κ1) is 19.0. The Morgan fingerprint density at radius 2 is 1.67 bits per heavy atom. The van der Waals surface area contributed by atoms with E-state index in [9.17, 15) is 9.59 Å². The number of allylic oxidation sites excluding steroid dienone is 2. The van der Waals surface area contributed by atoms with Gasteiger partial charge in [0.15, 0.2) is 0 Å². The van der Waals surface area contributed by atoms with E-state index in [0.717, 1.165) is 22.6 Å². The van der Waals surface area contributed by atoms with Gasteiger partial charge in [-0.25, -0.2) is 0 Å². The van der Waals surface area contributed by atoms with Gasteiger partial charge in [-0.3, -0.25) is 20.4 Å². The first-order valence-electron chi connectivity index (χ1n) is 8.79. The lowest BCUT2D eigenvalue weighted by molar-refractivity contribution is -0.127. The maximum Gasteiger partial charge on any atom is 0.271 e. The van der Waals surface area contributed by atoms with Crippen molar-refractivity contribution in [2.24, 2.45) is 0 Å². The third-order valence-corrected chi connectivity index (χ3v) is 5.01. The fraction of sp³-hybridized carbons (Fsp3) is 0.238. The molecular weight excluding hydrogens is 362 g/mol. The van der Waals surface area contributed by atoms with Crippen molar-refractivity contribution in [3.8, 4) is 0 Å². The van der Waals surface area contributed by atoms with Crippen LogP contribution in [0.1, 0.15) is 36.2 Å². The van der Waals surface area contributed by atoms with E-state index in [4.69, 9.17) is 11.6 Å². The molecule has 1 aromatic heterocycles. The van der Waals surface area contributed by atoms with Crippen molar-refractivity contribution in [3.63, 3.8) is 0 Å². The Morgan fingerprint density at radius 3 is 2.30 bits per heavy atom. The normalized spacial score (nSPS) is 14.4. The Bertz CT molecular complexity index is 919. The van der Waals surface area contributed by atoms with Crippen LogP contribution in [0.2, 0.25) is 5.02 Å². The molecular formula is C21H22ClN3O2. The van der Waals surface area contributed by atoms with Crippen LogP contribution < -0.4 is 10.9 Å². The molecule has 1 aliphatic carbocycles. The van der Waals surface area contributed by atoms with Crippen molar-refractivity contribution in [2.45, 2.75) is 33.1 Å². The van der Waals surface area contributed by atoms with Gasteiger partial charge in [0.05, 0.1) is 11.5 Å². The minimum absolute atomic E-state index is 0.289. The smallest absolute Gasteiger partial charge is 0.271 e. The van der Waals surface area contributed by atoms with Crippen LogP contribution in [0, 0.1) is 13.8 Å². The molecule has 2 N–H and O–H groups in total. The van der Waals surface area contributed by atoms with Crippen molar-refractivity contribution in [3.05, 3.63) is 76.1 Å². The number of hydrogen-bond acceptors (Lipinski definition) is 2. The summed E-state index contributed by atoms with van der Waals surface area (Å²) in [5, 5.41) is 0.614. The Balaban J connectivity index is 1.69. The summed E-state index contributed by atoms with van der Waals surface area (Å²) < 4.78 is 2.06. The molecule has 1 aromatic carbocycles. The van der Waals surface area contributed by atoms with E-state index in [2.05, 4.69) is 15.4 Å². The molecule has 0 saturated carbocycles. The van der Waals surface area contributed by atoms with Gasteiger partial charge in [-0.15, -0.1) is 0 Å². The summed E-state index contributed by atoms with van der Waals surface area (Å²) in [7, 11) is 0. The molecule has 6 heteroatoms. The molecule has 2 aromatic rings. The van der Waals surface area contributed by atoms with Gasteiger partial charge in [0, 0.05) is 28.5 Å². The zero-order valence-corrected chi connectivity index (χ0v) is 16.3. The van der Waals surface area contributed by atoms with Gasteiger partial charge in [-0.1, -0.05) is 35.9 Å². The Labute approximate surface area is 163 Å². The van der Waals surface area contributed by atoms with Gasteiger partial charge in [-0.2, -0.15) is 0 Å². The molecule has 0 saturated heterocycles. The van der Waals surface area contributed by atoms with Gasteiger partial charge < -0.3 is 4.57 Å². The number of hydrogen-bond donors (Lipinski definition) is 2. The molecule has 0 fully saturated rings. The molecule has 1 aliphatic rings. The third-order valence-electron chi connectivity index (χ3n) is 4.75. The second kappa shape index (κ2) is 7.84. The van der Waals surface area contributed by atoms with Crippen molar-refractivity contribution < 1.29 is 9.59 Å². The lowest BCUT2D eigenvalue weighted by Crippen LogP contribution is -2.44. The van der Waals surface area contributed by atoms with Crippen molar-refractivity contribution in [2.75, 3.05) is 0 Å². The minimum atomic E-state index is -0.413. The molecule has 27 heavy (non-hydrogen) atoms. The van der Waals surface area contributed by atoms with E-state index in [1.165, 1.54) is 0 Å². The molecule has 140 valence electrons. The fourth-order valence-corrected chi connectivity index (χ4v) is 3.33. The molecule has 0 aliphatic heterocycles. The van der Waals surface area contributed by atoms with E-state index >= 15 is 0 Å². The van der Waals surface area contributed by atoms with Gasteiger partial charge in [0.1, 0.15) is 0 Å². The SMILES string of the molecule is Cc1ccc(C)n1C1=C(C(=O)NNC(=O)C(C)c2ccc(Cl)cc2)C=CC1. The predicted octanol–water partition coefficient (Wildman–Crippen LogP) is 3.88. The topological polar surface area (TPSA) is 63.1 Å². The number of carbonyl (C=O) groups excluding carboxylic acids is 2. The molecule has 0 bridgehead atoms. The lowest BCUT2D eigenvalue weighted by Gasteiger charge is -2.16. The van der Waals surface area contributed by atoms with E-state index < -0.39 is 5.92 Å². The molecule has 1 heterocycles. The number of nitrogens with one attached hydrogen (secondary N) is 2. The summed E-state index contributed by atoms with van der Waals surface area (Å²) in [5.74, 6) is -1.03. The Kier molecular flexibility index (Phi) is 5.51.